The first kappa shape index (κ1) is 17.2. The second kappa shape index (κ2) is 7.93. The molecule has 0 bridgehead atoms. The van der Waals surface area contributed by atoms with Crippen LogP contribution in [0, 0.1) is 0 Å². The van der Waals surface area contributed by atoms with Gasteiger partial charge in [0, 0.05) is 10.0 Å². The molecule has 0 aliphatic rings. The number of rotatable bonds is 6. The van der Waals surface area contributed by atoms with Crippen LogP contribution >= 0.6 is 46.4 Å². The molecule has 0 aromatic heterocycles. The summed E-state index contributed by atoms with van der Waals surface area (Å²) in [6, 6.07) is 7.85. The van der Waals surface area contributed by atoms with Crippen molar-refractivity contribution in [2.45, 2.75) is 0 Å². The highest BCUT2D eigenvalue weighted by Crippen LogP contribution is 2.35. The fraction of sp³-hybridized carbons (Fsp3) is 0.133. The number of carbonyl (C=O) groups is 1. The molecule has 0 aliphatic carbocycles. The molecule has 0 fully saturated rings. The number of benzene rings is 2. The first-order valence-corrected chi connectivity index (χ1v) is 7.67. The molecule has 0 amide bonds. The number of halogens is 4. The average molecular weight is 380 g/mol. The summed E-state index contributed by atoms with van der Waals surface area (Å²) in [6.07, 6.45) is 0.676. The lowest BCUT2D eigenvalue weighted by Crippen LogP contribution is -2.10. The molecule has 2 aromatic carbocycles. The van der Waals surface area contributed by atoms with E-state index in [0.717, 1.165) is 0 Å². The van der Waals surface area contributed by atoms with Crippen LogP contribution in [0.15, 0.2) is 30.3 Å². The quantitative estimate of drug-likeness (QED) is 0.486. The number of carbonyl (C=O) groups excluding carboxylic acids is 1. The molecule has 0 heterocycles. The highest BCUT2D eigenvalue weighted by Gasteiger charge is 2.09. The van der Waals surface area contributed by atoms with E-state index >= 15 is 0 Å². The predicted molar refractivity (Wildman–Crippen MR) is 89.3 cm³/mol. The fourth-order valence-corrected chi connectivity index (χ4v) is 2.81. The van der Waals surface area contributed by atoms with Gasteiger partial charge in [-0.05, 0) is 30.3 Å². The fourth-order valence-electron chi connectivity index (χ4n) is 1.71. The molecule has 0 aliphatic heterocycles. The lowest BCUT2D eigenvalue weighted by Gasteiger charge is -2.12. The minimum absolute atomic E-state index is 0.196. The zero-order chi connectivity index (χ0) is 16.1. The van der Waals surface area contributed by atoms with Gasteiger partial charge in [-0.2, -0.15) is 0 Å². The van der Waals surface area contributed by atoms with Crippen LogP contribution in [0.5, 0.6) is 11.5 Å². The molecule has 0 saturated heterocycles. The van der Waals surface area contributed by atoms with Gasteiger partial charge in [-0.1, -0.05) is 46.4 Å². The van der Waals surface area contributed by atoms with E-state index in [1.807, 2.05) is 0 Å². The molecule has 7 heteroatoms. The van der Waals surface area contributed by atoms with Crippen molar-refractivity contribution >= 4 is 52.7 Å². The van der Waals surface area contributed by atoms with Crippen LogP contribution in [0.2, 0.25) is 20.1 Å². The lowest BCUT2D eigenvalue weighted by molar-refractivity contribution is 0.111. The number of ether oxygens (including phenoxy) is 2. The van der Waals surface area contributed by atoms with E-state index < -0.39 is 0 Å². The summed E-state index contributed by atoms with van der Waals surface area (Å²) in [5.74, 6) is 0.763. The molecular formula is C15H10Cl4O3. The third-order valence-electron chi connectivity index (χ3n) is 2.65. The van der Waals surface area contributed by atoms with E-state index in [-0.39, 0.29) is 13.2 Å². The van der Waals surface area contributed by atoms with Gasteiger partial charge in [-0.15, -0.1) is 0 Å². The maximum absolute atomic E-state index is 10.9. The predicted octanol–water partition coefficient (Wildman–Crippen LogP) is 5.57. The maximum atomic E-state index is 10.9. The number of aldehydes is 1. The summed E-state index contributed by atoms with van der Waals surface area (Å²) in [5.41, 5.74) is 0.370. The van der Waals surface area contributed by atoms with E-state index in [0.29, 0.717) is 43.4 Å². The van der Waals surface area contributed by atoms with Crippen molar-refractivity contribution in [2.24, 2.45) is 0 Å². The largest absolute Gasteiger partial charge is 0.489 e. The summed E-state index contributed by atoms with van der Waals surface area (Å²) in [6.45, 7) is 0.403. The Morgan fingerprint density at radius 2 is 1.50 bits per heavy atom. The van der Waals surface area contributed by atoms with Crippen LogP contribution in [0.25, 0.3) is 0 Å². The van der Waals surface area contributed by atoms with Gasteiger partial charge in [0.25, 0.3) is 0 Å². The number of hydrogen-bond donors (Lipinski definition) is 0. The Bertz CT molecular complexity index is 665. The van der Waals surface area contributed by atoms with Crippen molar-refractivity contribution in [2.75, 3.05) is 13.2 Å². The molecular weight excluding hydrogens is 370 g/mol. The Balaban J connectivity index is 1.94. The van der Waals surface area contributed by atoms with Gasteiger partial charge in [-0.25, -0.2) is 0 Å². The minimum Gasteiger partial charge on any atom is -0.489 e. The van der Waals surface area contributed by atoms with Crippen molar-refractivity contribution in [1.29, 1.82) is 0 Å². The Hall–Kier alpha value is -1.13. The summed E-state index contributed by atoms with van der Waals surface area (Å²) in [7, 11) is 0. The molecule has 2 aromatic rings. The third-order valence-corrected chi connectivity index (χ3v) is 3.66. The molecule has 22 heavy (non-hydrogen) atoms. The Labute approximate surface area is 147 Å². The molecule has 0 saturated carbocycles. The number of hydrogen-bond acceptors (Lipinski definition) is 3. The smallest absolute Gasteiger partial charge is 0.156 e. The Kier molecular flexibility index (Phi) is 6.21. The molecule has 2 rings (SSSR count). The van der Waals surface area contributed by atoms with Gasteiger partial charge in [0.15, 0.2) is 12.0 Å². The van der Waals surface area contributed by atoms with Gasteiger partial charge >= 0.3 is 0 Å². The van der Waals surface area contributed by atoms with E-state index in [1.165, 1.54) is 18.2 Å². The van der Waals surface area contributed by atoms with Crippen molar-refractivity contribution in [3.8, 4) is 11.5 Å². The normalized spacial score (nSPS) is 10.4. The van der Waals surface area contributed by atoms with Gasteiger partial charge in [-0.3, -0.25) is 4.79 Å². The minimum atomic E-state index is 0.196. The third kappa shape index (κ3) is 4.43. The summed E-state index contributed by atoms with van der Waals surface area (Å²) in [4.78, 5) is 10.9. The van der Waals surface area contributed by atoms with Gasteiger partial charge in [0.05, 0.1) is 15.6 Å². The molecule has 3 nitrogen and oxygen atoms in total. The van der Waals surface area contributed by atoms with Gasteiger partial charge in [0.2, 0.25) is 0 Å². The average Bonchev–Trinajstić information content (AvgIpc) is 2.46. The standard InChI is InChI=1S/C15H10Cl4O3/c16-10-1-2-14(9(5-10)8-20)21-3-4-22-15-12(18)6-11(17)7-13(15)19/h1-2,5-8H,3-4H2. The highest BCUT2D eigenvalue weighted by atomic mass is 35.5. The van der Waals surface area contributed by atoms with E-state index in [4.69, 9.17) is 55.9 Å². The lowest BCUT2D eigenvalue weighted by atomic mass is 10.2. The SMILES string of the molecule is O=Cc1cc(Cl)ccc1OCCOc1c(Cl)cc(Cl)cc1Cl. The summed E-state index contributed by atoms with van der Waals surface area (Å²) < 4.78 is 11.0. The summed E-state index contributed by atoms with van der Waals surface area (Å²) >= 11 is 23.6. The van der Waals surface area contributed by atoms with Crippen LogP contribution in [-0.2, 0) is 0 Å². The van der Waals surface area contributed by atoms with Gasteiger partial charge in [0.1, 0.15) is 19.0 Å². The van der Waals surface area contributed by atoms with Crippen molar-refractivity contribution in [1.82, 2.24) is 0 Å². The Morgan fingerprint density at radius 3 is 2.14 bits per heavy atom. The van der Waals surface area contributed by atoms with E-state index in [2.05, 4.69) is 0 Å². The maximum Gasteiger partial charge on any atom is 0.156 e. The van der Waals surface area contributed by atoms with E-state index in [1.54, 1.807) is 12.1 Å². The zero-order valence-corrected chi connectivity index (χ0v) is 14.1. The second-order valence-electron chi connectivity index (χ2n) is 4.20. The van der Waals surface area contributed by atoms with E-state index in [9.17, 15) is 4.79 Å². The topological polar surface area (TPSA) is 35.5 Å². The molecule has 0 radical (unpaired) electrons. The van der Waals surface area contributed by atoms with Crippen LogP contribution in [0.3, 0.4) is 0 Å². The first-order chi connectivity index (χ1) is 10.5. The highest BCUT2D eigenvalue weighted by molar-refractivity contribution is 6.40. The van der Waals surface area contributed by atoms with Crippen molar-refractivity contribution < 1.29 is 14.3 Å². The zero-order valence-electron chi connectivity index (χ0n) is 11.1. The molecule has 0 spiro atoms. The molecule has 0 atom stereocenters. The van der Waals surface area contributed by atoms with Crippen LogP contribution in [0.4, 0.5) is 0 Å². The molecule has 0 unspecified atom stereocenters. The Morgan fingerprint density at radius 1 is 0.864 bits per heavy atom. The van der Waals surface area contributed by atoms with Crippen LogP contribution in [-0.4, -0.2) is 19.5 Å². The van der Waals surface area contributed by atoms with Crippen LogP contribution < -0.4 is 9.47 Å². The molecule has 116 valence electrons. The van der Waals surface area contributed by atoms with Crippen molar-refractivity contribution in [3.05, 3.63) is 56.0 Å². The monoisotopic (exact) mass is 378 g/mol. The van der Waals surface area contributed by atoms with Gasteiger partial charge < -0.3 is 9.47 Å². The van der Waals surface area contributed by atoms with Crippen LogP contribution in [0.1, 0.15) is 10.4 Å². The molecule has 0 N–H and O–H groups in total. The summed E-state index contributed by atoms with van der Waals surface area (Å²) in [5, 5.41) is 1.52. The van der Waals surface area contributed by atoms with Crippen molar-refractivity contribution in [3.63, 3.8) is 0 Å². The first-order valence-electron chi connectivity index (χ1n) is 6.16. The second-order valence-corrected chi connectivity index (χ2v) is 5.88.